The zero-order chi connectivity index (χ0) is 18.3. The number of Topliss-reactive ketones (excluding diaryl/α,β-unsaturated/α-hetero) is 1. The molecular weight excluding hydrogens is 332 g/mol. The monoisotopic (exact) mass is 354 g/mol. The van der Waals surface area contributed by atoms with Crippen LogP contribution in [0.1, 0.15) is 48.3 Å². The third-order valence-corrected chi connectivity index (χ3v) is 5.26. The molecule has 0 aliphatic carbocycles. The van der Waals surface area contributed by atoms with Crippen molar-refractivity contribution in [2.45, 2.75) is 45.3 Å². The van der Waals surface area contributed by atoms with Gasteiger partial charge in [0.2, 0.25) is 0 Å². The fourth-order valence-corrected chi connectivity index (χ4v) is 3.45. The predicted molar refractivity (Wildman–Crippen MR) is 96.4 cm³/mol. The van der Waals surface area contributed by atoms with Crippen LogP contribution < -0.4 is 10.1 Å². The van der Waals surface area contributed by atoms with Gasteiger partial charge in [0.1, 0.15) is 11.4 Å². The second-order valence-electron chi connectivity index (χ2n) is 7.19. The number of rotatable bonds is 2. The molecule has 2 aliphatic heterocycles. The van der Waals surface area contributed by atoms with Gasteiger partial charge in [-0.05, 0) is 31.5 Å². The van der Waals surface area contributed by atoms with Gasteiger partial charge in [-0.3, -0.25) is 9.89 Å². The summed E-state index contributed by atoms with van der Waals surface area (Å²) in [7, 11) is 0. The van der Waals surface area contributed by atoms with Crippen LogP contribution >= 0.6 is 0 Å². The summed E-state index contributed by atoms with van der Waals surface area (Å²) in [5.41, 5.74) is 2.81. The summed E-state index contributed by atoms with van der Waals surface area (Å²) < 4.78 is 5.99. The van der Waals surface area contributed by atoms with E-state index in [0.29, 0.717) is 36.5 Å². The summed E-state index contributed by atoms with van der Waals surface area (Å²) in [5, 5.41) is 9.87. The van der Waals surface area contributed by atoms with E-state index in [1.165, 1.54) is 0 Å². The fraction of sp³-hybridized carbons (Fsp3) is 0.421. The Morgan fingerprint density at radius 2 is 2.31 bits per heavy atom. The number of ketones is 1. The largest absolute Gasteiger partial charge is 0.486 e. The van der Waals surface area contributed by atoms with Gasteiger partial charge >= 0.3 is 6.03 Å². The Morgan fingerprint density at radius 1 is 1.46 bits per heavy atom. The lowest BCUT2D eigenvalue weighted by molar-refractivity contribution is 0.0499. The van der Waals surface area contributed by atoms with Gasteiger partial charge in [-0.25, -0.2) is 4.79 Å². The first kappa shape index (κ1) is 16.6. The SMILES string of the molecule is CCC1(C)CC(=O)c2cc(NC(=O)N3CCc4[nH]ncc4C3)ccc2O1. The Morgan fingerprint density at radius 3 is 3.12 bits per heavy atom. The van der Waals surface area contributed by atoms with Crippen molar-refractivity contribution in [3.63, 3.8) is 0 Å². The lowest BCUT2D eigenvalue weighted by atomic mass is 9.89. The Hall–Kier alpha value is -2.83. The van der Waals surface area contributed by atoms with Gasteiger partial charge in [-0.15, -0.1) is 0 Å². The summed E-state index contributed by atoms with van der Waals surface area (Å²) in [6.07, 6.45) is 3.63. The molecule has 7 nitrogen and oxygen atoms in total. The van der Waals surface area contributed by atoms with E-state index in [-0.39, 0.29) is 11.8 Å². The number of H-pyrrole nitrogens is 1. The molecule has 136 valence electrons. The molecule has 3 heterocycles. The minimum absolute atomic E-state index is 0.0488. The topological polar surface area (TPSA) is 87.3 Å². The van der Waals surface area contributed by atoms with Crippen molar-refractivity contribution in [3.05, 3.63) is 41.2 Å². The van der Waals surface area contributed by atoms with Crippen LogP contribution in [0.2, 0.25) is 0 Å². The molecule has 1 aromatic carbocycles. The first-order valence-corrected chi connectivity index (χ1v) is 8.91. The van der Waals surface area contributed by atoms with E-state index in [1.807, 2.05) is 13.8 Å². The van der Waals surface area contributed by atoms with Gasteiger partial charge in [0.25, 0.3) is 0 Å². The van der Waals surface area contributed by atoms with Gasteiger partial charge in [0.15, 0.2) is 5.78 Å². The van der Waals surface area contributed by atoms with Gasteiger partial charge in [-0.1, -0.05) is 6.92 Å². The molecule has 2 N–H and O–H groups in total. The molecule has 2 amide bonds. The number of aromatic amines is 1. The molecule has 4 rings (SSSR count). The summed E-state index contributed by atoms with van der Waals surface area (Å²) >= 11 is 0. The number of carbonyl (C=O) groups excluding carboxylic acids is 2. The second-order valence-corrected chi connectivity index (χ2v) is 7.19. The first-order valence-electron chi connectivity index (χ1n) is 8.91. The second kappa shape index (κ2) is 6.16. The van der Waals surface area contributed by atoms with Crippen molar-refractivity contribution in [2.75, 3.05) is 11.9 Å². The highest BCUT2D eigenvalue weighted by atomic mass is 16.5. The molecule has 7 heteroatoms. The molecule has 1 unspecified atom stereocenters. The van der Waals surface area contributed by atoms with Crippen molar-refractivity contribution in [3.8, 4) is 5.75 Å². The Labute approximate surface area is 151 Å². The molecule has 0 spiro atoms. The Balaban J connectivity index is 1.49. The normalized spacial score (nSPS) is 21.6. The van der Waals surface area contributed by atoms with Crippen molar-refractivity contribution in [1.82, 2.24) is 15.1 Å². The highest BCUT2D eigenvalue weighted by Crippen LogP contribution is 2.36. The number of hydrogen-bond acceptors (Lipinski definition) is 4. The number of fused-ring (bicyclic) bond motifs is 2. The molecule has 0 bridgehead atoms. The summed E-state index contributed by atoms with van der Waals surface area (Å²) in [6.45, 7) is 5.11. The third kappa shape index (κ3) is 2.94. The maximum atomic E-state index is 12.6. The van der Waals surface area contributed by atoms with Crippen LogP contribution in [-0.4, -0.2) is 39.1 Å². The molecule has 0 radical (unpaired) electrons. The molecule has 0 fully saturated rings. The third-order valence-electron chi connectivity index (χ3n) is 5.26. The van der Waals surface area contributed by atoms with E-state index in [2.05, 4.69) is 15.5 Å². The summed E-state index contributed by atoms with van der Waals surface area (Å²) in [4.78, 5) is 26.8. The zero-order valence-electron chi connectivity index (χ0n) is 15.0. The number of carbonyl (C=O) groups is 2. The summed E-state index contributed by atoms with van der Waals surface area (Å²) in [6, 6.07) is 5.07. The van der Waals surface area contributed by atoms with E-state index >= 15 is 0 Å². The van der Waals surface area contributed by atoms with Crippen LogP contribution in [0.4, 0.5) is 10.5 Å². The van der Waals surface area contributed by atoms with Gasteiger partial charge in [0.05, 0.1) is 24.7 Å². The van der Waals surface area contributed by atoms with E-state index in [1.54, 1.807) is 29.3 Å². The van der Waals surface area contributed by atoms with E-state index in [4.69, 9.17) is 4.74 Å². The number of nitrogens with one attached hydrogen (secondary N) is 2. The van der Waals surface area contributed by atoms with E-state index in [0.717, 1.165) is 24.1 Å². The molecular formula is C19H22N4O3. The van der Waals surface area contributed by atoms with Gasteiger partial charge in [-0.2, -0.15) is 5.10 Å². The highest BCUT2D eigenvalue weighted by molar-refractivity contribution is 6.02. The molecule has 1 aromatic heterocycles. The van der Waals surface area contributed by atoms with Gasteiger partial charge < -0.3 is 15.0 Å². The first-order chi connectivity index (χ1) is 12.5. The molecule has 2 aliphatic rings. The lowest BCUT2D eigenvalue weighted by Gasteiger charge is -2.34. The standard InChI is InChI=1S/C19H22N4O3/c1-3-19(2)9-16(24)14-8-13(4-5-17(14)26-19)21-18(25)23-7-6-15-12(11-23)10-20-22-15/h4-5,8,10H,3,6-7,9,11H2,1-2H3,(H,20,22)(H,21,25). The number of amides is 2. The number of benzene rings is 1. The van der Waals surface area contributed by atoms with Crippen LogP contribution in [-0.2, 0) is 13.0 Å². The van der Waals surface area contributed by atoms with Crippen LogP contribution in [0, 0.1) is 0 Å². The Kier molecular flexibility index (Phi) is 3.94. The zero-order valence-corrected chi connectivity index (χ0v) is 15.0. The van der Waals surface area contributed by atoms with E-state index < -0.39 is 5.60 Å². The molecule has 1 atom stereocenters. The average Bonchev–Trinajstić information content (AvgIpc) is 3.10. The van der Waals surface area contributed by atoms with Crippen molar-refractivity contribution in [2.24, 2.45) is 0 Å². The van der Waals surface area contributed by atoms with Gasteiger partial charge in [0, 0.05) is 29.9 Å². The summed E-state index contributed by atoms with van der Waals surface area (Å²) in [5.74, 6) is 0.636. The number of anilines is 1. The highest BCUT2D eigenvalue weighted by Gasteiger charge is 2.35. The van der Waals surface area contributed by atoms with Crippen LogP contribution in [0.15, 0.2) is 24.4 Å². The molecule has 2 aromatic rings. The smallest absolute Gasteiger partial charge is 0.322 e. The molecule has 0 saturated carbocycles. The minimum Gasteiger partial charge on any atom is -0.486 e. The quantitative estimate of drug-likeness (QED) is 0.867. The van der Waals surface area contributed by atoms with Crippen LogP contribution in [0.25, 0.3) is 0 Å². The van der Waals surface area contributed by atoms with Crippen molar-refractivity contribution in [1.29, 1.82) is 0 Å². The number of aromatic nitrogens is 2. The number of nitrogens with zero attached hydrogens (tertiary/aromatic N) is 2. The molecule has 26 heavy (non-hydrogen) atoms. The number of hydrogen-bond donors (Lipinski definition) is 2. The number of urea groups is 1. The van der Waals surface area contributed by atoms with Crippen LogP contribution in [0.3, 0.4) is 0 Å². The fourth-order valence-electron chi connectivity index (χ4n) is 3.45. The predicted octanol–water partition coefficient (Wildman–Crippen LogP) is 3.13. The van der Waals surface area contributed by atoms with Crippen molar-refractivity contribution >= 4 is 17.5 Å². The van der Waals surface area contributed by atoms with Crippen LogP contribution in [0.5, 0.6) is 5.75 Å². The lowest BCUT2D eigenvalue weighted by Crippen LogP contribution is -2.39. The minimum atomic E-state index is -0.453. The number of ether oxygens (including phenoxy) is 1. The van der Waals surface area contributed by atoms with Crippen molar-refractivity contribution < 1.29 is 14.3 Å². The maximum absolute atomic E-state index is 12.6. The average molecular weight is 354 g/mol. The maximum Gasteiger partial charge on any atom is 0.322 e. The van der Waals surface area contributed by atoms with E-state index in [9.17, 15) is 9.59 Å². The Bertz CT molecular complexity index is 875. The molecule has 0 saturated heterocycles.